The highest BCUT2D eigenvalue weighted by atomic mass is 32.2. The van der Waals surface area contributed by atoms with Crippen LogP contribution in [0.4, 0.5) is 0 Å². The van der Waals surface area contributed by atoms with E-state index in [1.165, 1.54) is 0 Å². The third kappa shape index (κ3) is 4.00. The van der Waals surface area contributed by atoms with Crippen LogP contribution in [0.25, 0.3) is 0 Å². The quantitative estimate of drug-likeness (QED) is 0.834. The average molecular weight is 303 g/mol. The van der Waals surface area contributed by atoms with E-state index in [1.54, 1.807) is 36.4 Å². The van der Waals surface area contributed by atoms with Crippen LogP contribution in [-0.4, -0.2) is 14.7 Å². The smallest absolute Gasteiger partial charge is 0.241 e. The number of aldehydes is 1. The van der Waals surface area contributed by atoms with Crippen molar-refractivity contribution in [2.45, 2.75) is 24.3 Å². The molecule has 0 saturated heterocycles. The number of aryl methyl sites for hydroxylation is 1. The van der Waals surface area contributed by atoms with Gasteiger partial charge in [0.25, 0.3) is 0 Å². The lowest BCUT2D eigenvalue weighted by molar-refractivity contribution is -0.108. The molecule has 0 fully saturated rings. The number of carbonyl (C=O) groups is 1. The standard InChI is InChI=1S/C16H17NO3S/c1-13-7-9-15(10-8-13)21(19,20)17-16(11-12-18)14-5-3-2-4-6-14/h2-10,12,16-17H,11H2,1H3. The Morgan fingerprint density at radius 2 is 1.67 bits per heavy atom. The molecule has 0 bridgehead atoms. The van der Waals surface area contributed by atoms with E-state index in [1.807, 2.05) is 25.1 Å². The summed E-state index contributed by atoms with van der Waals surface area (Å²) < 4.78 is 27.3. The van der Waals surface area contributed by atoms with Crippen molar-refractivity contribution in [3.8, 4) is 0 Å². The van der Waals surface area contributed by atoms with E-state index >= 15 is 0 Å². The number of sulfonamides is 1. The van der Waals surface area contributed by atoms with E-state index in [2.05, 4.69) is 4.72 Å². The van der Waals surface area contributed by atoms with Crippen molar-refractivity contribution in [3.05, 3.63) is 65.7 Å². The minimum absolute atomic E-state index is 0.0924. The second-order valence-corrected chi connectivity index (χ2v) is 6.51. The molecular formula is C16H17NO3S. The minimum Gasteiger partial charge on any atom is -0.303 e. The Morgan fingerprint density at radius 1 is 1.05 bits per heavy atom. The van der Waals surface area contributed by atoms with Crippen LogP contribution >= 0.6 is 0 Å². The molecule has 0 radical (unpaired) electrons. The number of nitrogens with one attached hydrogen (secondary N) is 1. The Bertz CT molecular complexity index is 694. The topological polar surface area (TPSA) is 63.2 Å². The van der Waals surface area contributed by atoms with Crippen molar-refractivity contribution in [2.75, 3.05) is 0 Å². The summed E-state index contributed by atoms with van der Waals surface area (Å²) in [5.41, 5.74) is 1.75. The van der Waals surface area contributed by atoms with Crippen molar-refractivity contribution in [2.24, 2.45) is 0 Å². The molecule has 21 heavy (non-hydrogen) atoms. The maximum absolute atomic E-state index is 12.4. The summed E-state index contributed by atoms with van der Waals surface area (Å²) in [6.07, 6.45) is 0.810. The van der Waals surface area contributed by atoms with E-state index in [0.717, 1.165) is 17.4 Å². The molecule has 5 heteroatoms. The van der Waals surface area contributed by atoms with Gasteiger partial charge in [-0.3, -0.25) is 0 Å². The van der Waals surface area contributed by atoms with Gasteiger partial charge >= 0.3 is 0 Å². The molecular weight excluding hydrogens is 286 g/mol. The highest BCUT2D eigenvalue weighted by molar-refractivity contribution is 7.89. The first kappa shape index (κ1) is 15.4. The molecule has 0 aromatic heterocycles. The lowest BCUT2D eigenvalue weighted by atomic mass is 10.1. The SMILES string of the molecule is Cc1ccc(S(=O)(=O)NC(CC=O)c2ccccc2)cc1. The van der Waals surface area contributed by atoms with Crippen molar-refractivity contribution >= 4 is 16.3 Å². The average Bonchev–Trinajstić information content (AvgIpc) is 2.48. The van der Waals surface area contributed by atoms with E-state index in [-0.39, 0.29) is 11.3 Å². The molecule has 0 amide bonds. The fourth-order valence-electron chi connectivity index (χ4n) is 2.01. The zero-order chi connectivity index (χ0) is 15.3. The van der Waals surface area contributed by atoms with E-state index < -0.39 is 16.1 Å². The molecule has 1 atom stereocenters. The van der Waals surface area contributed by atoms with Crippen molar-refractivity contribution in [3.63, 3.8) is 0 Å². The fourth-order valence-corrected chi connectivity index (χ4v) is 3.24. The maximum atomic E-state index is 12.4. The van der Waals surface area contributed by atoms with Crippen LogP contribution in [0.1, 0.15) is 23.6 Å². The summed E-state index contributed by atoms with van der Waals surface area (Å²) >= 11 is 0. The van der Waals surface area contributed by atoms with Gasteiger partial charge in [-0.05, 0) is 24.6 Å². The van der Waals surface area contributed by atoms with E-state index in [0.29, 0.717) is 0 Å². The van der Waals surface area contributed by atoms with Gasteiger partial charge in [0.1, 0.15) is 6.29 Å². The second-order valence-electron chi connectivity index (χ2n) is 4.80. The summed E-state index contributed by atoms with van der Waals surface area (Å²) in [5, 5.41) is 0. The van der Waals surface area contributed by atoms with Crippen LogP contribution in [0.5, 0.6) is 0 Å². The first-order valence-corrected chi connectivity index (χ1v) is 8.09. The highest BCUT2D eigenvalue weighted by Gasteiger charge is 2.20. The molecule has 0 aliphatic rings. The second kappa shape index (κ2) is 6.65. The first-order valence-electron chi connectivity index (χ1n) is 6.60. The molecule has 1 N–H and O–H groups in total. The predicted octanol–water partition coefficient (Wildman–Crippen LogP) is 2.60. The molecule has 0 aliphatic carbocycles. The van der Waals surface area contributed by atoms with Crippen LogP contribution in [0.2, 0.25) is 0 Å². The van der Waals surface area contributed by atoms with Gasteiger partial charge in [0.05, 0.1) is 10.9 Å². The summed E-state index contributed by atoms with van der Waals surface area (Å²) in [6.45, 7) is 1.89. The number of rotatable bonds is 6. The molecule has 0 saturated carbocycles. The number of hydrogen-bond donors (Lipinski definition) is 1. The Kier molecular flexibility index (Phi) is 4.88. The van der Waals surface area contributed by atoms with Gasteiger partial charge in [0.15, 0.2) is 0 Å². The third-order valence-electron chi connectivity index (χ3n) is 3.16. The lowest BCUT2D eigenvalue weighted by Gasteiger charge is -2.17. The monoisotopic (exact) mass is 303 g/mol. The van der Waals surface area contributed by atoms with E-state index in [9.17, 15) is 13.2 Å². The molecule has 2 aromatic rings. The largest absolute Gasteiger partial charge is 0.303 e. The number of benzene rings is 2. The van der Waals surface area contributed by atoms with Gasteiger partial charge in [0.2, 0.25) is 10.0 Å². The summed E-state index contributed by atoms with van der Waals surface area (Å²) in [5.74, 6) is 0. The molecule has 110 valence electrons. The molecule has 0 heterocycles. The Morgan fingerprint density at radius 3 is 2.24 bits per heavy atom. The zero-order valence-electron chi connectivity index (χ0n) is 11.7. The van der Waals surface area contributed by atoms with Gasteiger partial charge in [-0.2, -0.15) is 0 Å². The van der Waals surface area contributed by atoms with E-state index in [4.69, 9.17) is 0 Å². The van der Waals surface area contributed by atoms with Crippen LogP contribution in [0.3, 0.4) is 0 Å². The van der Waals surface area contributed by atoms with Gasteiger partial charge in [-0.1, -0.05) is 48.0 Å². The van der Waals surface area contributed by atoms with Gasteiger partial charge in [-0.15, -0.1) is 0 Å². The van der Waals surface area contributed by atoms with Crippen molar-refractivity contribution in [1.82, 2.24) is 4.72 Å². The van der Waals surface area contributed by atoms with Crippen molar-refractivity contribution < 1.29 is 13.2 Å². The van der Waals surface area contributed by atoms with Crippen molar-refractivity contribution in [1.29, 1.82) is 0 Å². The number of hydrogen-bond acceptors (Lipinski definition) is 3. The third-order valence-corrected chi connectivity index (χ3v) is 4.65. The molecule has 2 rings (SSSR count). The molecule has 1 unspecified atom stereocenters. The Hall–Kier alpha value is -1.98. The molecule has 2 aromatic carbocycles. The highest BCUT2D eigenvalue weighted by Crippen LogP contribution is 2.19. The number of carbonyl (C=O) groups excluding carboxylic acids is 1. The lowest BCUT2D eigenvalue weighted by Crippen LogP contribution is -2.29. The van der Waals surface area contributed by atoms with Crippen LogP contribution in [-0.2, 0) is 14.8 Å². The van der Waals surface area contributed by atoms with Crippen LogP contribution < -0.4 is 4.72 Å². The molecule has 0 spiro atoms. The first-order chi connectivity index (χ1) is 10.0. The predicted molar refractivity (Wildman–Crippen MR) is 81.4 cm³/mol. The van der Waals surface area contributed by atoms with Crippen LogP contribution in [0, 0.1) is 6.92 Å². The maximum Gasteiger partial charge on any atom is 0.241 e. The molecule has 0 aliphatic heterocycles. The van der Waals surface area contributed by atoms with Crippen LogP contribution in [0.15, 0.2) is 59.5 Å². The molecule has 4 nitrogen and oxygen atoms in total. The van der Waals surface area contributed by atoms with Gasteiger partial charge in [-0.25, -0.2) is 13.1 Å². The summed E-state index contributed by atoms with van der Waals surface area (Å²) in [6, 6.07) is 15.1. The minimum atomic E-state index is -3.66. The Labute approximate surface area is 124 Å². The zero-order valence-corrected chi connectivity index (χ0v) is 12.5. The normalized spacial score (nSPS) is 12.8. The summed E-state index contributed by atoms with van der Waals surface area (Å²) in [7, 11) is -3.66. The Balaban J connectivity index is 2.27. The fraction of sp³-hybridized carbons (Fsp3) is 0.188. The van der Waals surface area contributed by atoms with Gasteiger partial charge in [0, 0.05) is 6.42 Å². The van der Waals surface area contributed by atoms with Gasteiger partial charge < -0.3 is 4.79 Å². The summed E-state index contributed by atoms with van der Waals surface area (Å²) in [4.78, 5) is 11.0.